The second kappa shape index (κ2) is 7.50. The lowest BCUT2D eigenvalue weighted by Crippen LogP contribution is -2.41. The molecule has 4 aliphatic heterocycles. The average molecular weight is 460 g/mol. The minimum absolute atomic E-state index is 0. The van der Waals surface area contributed by atoms with Gasteiger partial charge >= 0.3 is 0 Å². The van der Waals surface area contributed by atoms with Crippen LogP contribution in [0.3, 0.4) is 0 Å². The number of nitrogens with zero attached hydrogens (tertiary/aromatic N) is 3. The molecule has 0 radical (unpaired) electrons. The summed E-state index contributed by atoms with van der Waals surface area (Å²) in [7, 11) is 0. The summed E-state index contributed by atoms with van der Waals surface area (Å²) in [6.07, 6.45) is 7.84. The number of fused-ring (bicyclic) bond motifs is 5. The van der Waals surface area contributed by atoms with Crippen molar-refractivity contribution in [1.29, 1.82) is 0 Å². The number of nitrogens with one attached hydrogen (secondary N) is 1. The Balaban J connectivity index is 0.00000157. The number of rotatable bonds is 4. The largest absolute Gasteiger partial charge is 0.374 e. The lowest BCUT2D eigenvalue weighted by molar-refractivity contribution is 0.0767. The topological polar surface area (TPSA) is 40.1 Å². The van der Waals surface area contributed by atoms with Gasteiger partial charge in [0, 0.05) is 50.6 Å². The first-order chi connectivity index (χ1) is 11.8. The Labute approximate surface area is 169 Å². The van der Waals surface area contributed by atoms with Crippen LogP contribution in [0.1, 0.15) is 39.0 Å². The molecule has 2 bridgehead atoms. The zero-order chi connectivity index (χ0) is 16.1. The van der Waals surface area contributed by atoms with E-state index in [4.69, 9.17) is 9.73 Å². The SMILES string of the molecule is CCNC(=NCC1CCN(C2CC2)C1)N1CC2C3CCC(O3)C2C1.I. The van der Waals surface area contributed by atoms with Crippen molar-refractivity contribution in [1.82, 2.24) is 15.1 Å². The molecule has 142 valence electrons. The highest BCUT2D eigenvalue weighted by molar-refractivity contribution is 14.0. The van der Waals surface area contributed by atoms with E-state index in [2.05, 4.69) is 22.0 Å². The molecule has 1 N–H and O–H groups in total. The molecule has 5 aliphatic rings. The van der Waals surface area contributed by atoms with Crippen LogP contribution in [0.4, 0.5) is 0 Å². The van der Waals surface area contributed by atoms with Crippen LogP contribution in [-0.4, -0.2) is 73.3 Å². The summed E-state index contributed by atoms with van der Waals surface area (Å²) in [5.41, 5.74) is 0. The van der Waals surface area contributed by atoms with Crippen LogP contribution in [0.2, 0.25) is 0 Å². The van der Waals surface area contributed by atoms with Crippen LogP contribution in [0.5, 0.6) is 0 Å². The normalized spacial score (nSPS) is 40.4. The number of hydrogen-bond acceptors (Lipinski definition) is 3. The van der Waals surface area contributed by atoms with E-state index in [1.165, 1.54) is 45.2 Å². The molecule has 6 heteroatoms. The molecule has 4 heterocycles. The summed E-state index contributed by atoms with van der Waals surface area (Å²) >= 11 is 0. The summed E-state index contributed by atoms with van der Waals surface area (Å²) in [4.78, 5) is 10.3. The van der Waals surface area contributed by atoms with E-state index >= 15 is 0 Å². The fourth-order valence-corrected chi connectivity index (χ4v) is 5.56. The van der Waals surface area contributed by atoms with E-state index in [1.807, 2.05) is 0 Å². The average Bonchev–Trinajstić information content (AvgIpc) is 3.02. The Morgan fingerprint density at radius 1 is 1.04 bits per heavy atom. The zero-order valence-electron chi connectivity index (χ0n) is 15.4. The molecule has 0 spiro atoms. The van der Waals surface area contributed by atoms with Gasteiger partial charge in [0.05, 0.1) is 12.2 Å². The summed E-state index contributed by atoms with van der Waals surface area (Å²) in [5.74, 6) is 3.44. The predicted octanol–water partition coefficient (Wildman–Crippen LogP) is 2.16. The summed E-state index contributed by atoms with van der Waals surface area (Å²) in [6, 6.07) is 0.917. The molecule has 5 rings (SSSR count). The van der Waals surface area contributed by atoms with Crippen molar-refractivity contribution in [3.63, 3.8) is 0 Å². The van der Waals surface area contributed by atoms with Gasteiger partial charge in [-0.05, 0) is 51.5 Å². The molecular formula is C19H33IN4O. The highest BCUT2D eigenvalue weighted by Gasteiger charge is 2.53. The Hall–Kier alpha value is -0.0800. The standard InChI is InChI=1S/C19H32N4O.HI/c1-2-20-19(21-9-13-7-8-22(10-13)14-3-4-14)23-11-15-16(12-23)18-6-5-17(15)24-18;/h13-18H,2-12H2,1H3,(H,20,21);1H. The molecule has 4 saturated heterocycles. The number of halogens is 1. The quantitative estimate of drug-likeness (QED) is 0.397. The molecule has 5 nitrogen and oxygen atoms in total. The van der Waals surface area contributed by atoms with E-state index in [0.717, 1.165) is 55.9 Å². The molecule has 1 aliphatic carbocycles. The maximum Gasteiger partial charge on any atom is 0.193 e. The van der Waals surface area contributed by atoms with Crippen LogP contribution in [-0.2, 0) is 4.74 Å². The van der Waals surface area contributed by atoms with Gasteiger partial charge in [0.2, 0.25) is 0 Å². The molecular weight excluding hydrogens is 427 g/mol. The summed E-state index contributed by atoms with van der Waals surface area (Å²) < 4.78 is 6.12. The van der Waals surface area contributed by atoms with Gasteiger partial charge in [-0.3, -0.25) is 4.99 Å². The highest BCUT2D eigenvalue weighted by Crippen LogP contribution is 2.47. The number of ether oxygens (including phenoxy) is 1. The fraction of sp³-hybridized carbons (Fsp3) is 0.947. The van der Waals surface area contributed by atoms with Gasteiger partial charge in [0.25, 0.3) is 0 Å². The van der Waals surface area contributed by atoms with Gasteiger partial charge in [-0.1, -0.05) is 0 Å². The van der Waals surface area contributed by atoms with E-state index < -0.39 is 0 Å². The zero-order valence-corrected chi connectivity index (χ0v) is 17.7. The Morgan fingerprint density at radius 3 is 2.40 bits per heavy atom. The molecule has 1 saturated carbocycles. The van der Waals surface area contributed by atoms with Crippen molar-refractivity contribution < 1.29 is 4.74 Å². The third-order valence-electron chi connectivity index (χ3n) is 6.97. The van der Waals surface area contributed by atoms with E-state index in [-0.39, 0.29) is 24.0 Å². The smallest absolute Gasteiger partial charge is 0.193 e. The molecule has 0 amide bonds. The number of aliphatic imine (C=N–C) groups is 1. The molecule has 5 fully saturated rings. The van der Waals surface area contributed by atoms with Crippen molar-refractivity contribution in [3.8, 4) is 0 Å². The summed E-state index contributed by atoms with van der Waals surface area (Å²) in [5, 5.41) is 3.56. The minimum atomic E-state index is 0. The minimum Gasteiger partial charge on any atom is -0.374 e. The number of likely N-dealkylation sites (tertiary alicyclic amines) is 2. The van der Waals surface area contributed by atoms with Crippen LogP contribution < -0.4 is 5.32 Å². The maximum atomic E-state index is 6.12. The van der Waals surface area contributed by atoms with Gasteiger partial charge in [0.15, 0.2) is 5.96 Å². The Bertz CT molecular complexity index is 494. The van der Waals surface area contributed by atoms with Crippen molar-refractivity contribution in [2.45, 2.75) is 57.3 Å². The van der Waals surface area contributed by atoms with Crippen LogP contribution >= 0.6 is 24.0 Å². The monoisotopic (exact) mass is 460 g/mol. The molecule has 5 unspecified atom stereocenters. The summed E-state index contributed by atoms with van der Waals surface area (Å²) in [6.45, 7) is 9.02. The molecule has 25 heavy (non-hydrogen) atoms. The molecule has 0 aromatic rings. The molecule has 0 aromatic carbocycles. The van der Waals surface area contributed by atoms with Gasteiger partial charge in [0.1, 0.15) is 0 Å². The lowest BCUT2D eigenvalue weighted by atomic mass is 9.82. The van der Waals surface area contributed by atoms with Gasteiger partial charge < -0.3 is 19.9 Å². The van der Waals surface area contributed by atoms with Gasteiger partial charge in [-0.15, -0.1) is 24.0 Å². The number of hydrogen-bond donors (Lipinski definition) is 1. The third-order valence-corrected chi connectivity index (χ3v) is 6.97. The first-order valence-electron chi connectivity index (χ1n) is 10.2. The second-order valence-corrected chi connectivity index (χ2v) is 8.60. The first kappa shape index (κ1) is 18.3. The van der Waals surface area contributed by atoms with E-state index in [1.54, 1.807) is 0 Å². The van der Waals surface area contributed by atoms with Gasteiger partial charge in [-0.2, -0.15) is 0 Å². The van der Waals surface area contributed by atoms with Crippen LogP contribution in [0.15, 0.2) is 4.99 Å². The highest BCUT2D eigenvalue weighted by atomic mass is 127. The van der Waals surface area contributed by atoms with Crippen LogP contribution in [0, 0.1) is 17.8 Å². The Kier molecular flexibility index (Phi) is 5.49. The van der Waals surface area contributed by atoms with Crippen molar-refractivity contribution in [2.24, 2.45) is 22.7 Å². The lowest BCUT2D eigenvalue weighted by Gasteiger charge is -2.24. The van der Waals surface area contributed by atoms with Crippen molar-refractivity contribution in [3.05, 3.63) is 0 Å². The second-order valence-electron chi connectivity index (χ2n) is 8.60. The van der Waals surface area contributed by atoms with Crippen LogP contribution in [0.25, 0.3) is 0 Å². The molecule has 0 aromatic heterocycles. The van der Waals surface area contributed by atoms with Gasteiger partial charge in [-0.25, -0.2) is 0 Å². The van der Waals surface area contributed by atoms with Crippen molar-refractivity contribution >= 4 is 29.9 Å². The van der Waals surface area contributed by atoms with Crippen molar-refractivity contribution in [2.75, 3.05) is 39.3 Å². The fourth-order valence-electron chi connectivity index (χ4n) is 5.56. The number of guanidine groups is 1. The maximum absolute atomic E-state index is 6.12. The third kappa shape index (κ3) is 3.55. The Morgan fingerprint density at radius 2 is 1.76 bits per heavy atom. The molecule has 5 atom stereocenters. The van der Waals surface area contributed by atoms with E-state index in [0.29, 0.717) is 12.2 Å². The predicted molar refractivity (Wildman–Crippen MR) is 111 cm³/mol. The van der Waals surface area contributed by atoms with E-state index in [9.17, 15) is 0 Å². The first-order valence-corrected chi connectivity index (χ1v) is 10.2.